The third-order valence-electron chi connectivity index (χ3n) is 1.92. The number of aliphatic hydroxyl groups is 1. The van der Waals surface area contributed by atoms with Crippen LogP contribution in [0.3, 0.4) is 0 Å². The van der Waals surface area contributed by atoms with Gasteiger partial charge in [0.05, 0.1) is 6.61 Å². The second-order valence-electron chi connectivity index (χ2n) is 3.26. The van der Waals surface area contributed by atoms with Crippen LogP contribution in [0.1, 0.15) is 25.0 Å². The highest BCUT2D eigenvalue weighted by Gasteiger charge is 2.06. The van der Waals surface area contributed by atoms with Gasteiger partial charge in [0, 0.05) is 12.3 Å². The van der Waals surface area contributed by atoms with Crippen LogP contribution in [0.15, 0.2) is 24.3 Å². The third-order valence-corrected chi connectivity index (χ3v) is 1.92. The Morgan fingerprint density at radius 3 is 2.93 bits per heavy atom. The molecule has 1 aromatic carbocycles. The highest BCUT2D eigenvalue weighted by Crippen LogP contribution is 2.15. The van der Waals surface area contributed by atoms with E-state index in [-0.39, 0.29) is 0 Å². The molecule has 0 radical (unpaired) electrons. The second-order valence-corrected chi connectivity index (χ2v) is 3.26. The lowest BCUT2D eigenvalue weighted by molar-refractivity contribution is 0.0364. The van der Waals surface area contributed by atoms with Crippen LogP contribution in [-0.4, -0.2) is 18.3 Å². The molecule has 0 aliphatic rings. The fourth-order valence-electron chi connectivity index (χ4n) is 1.20. The zero-order chi connectivity index (χ0) is 10.4. The summed E-state index contributed by atoms with van der Waals surface area (Å²) in [5.74, 6) is 0. The highest BCUT2D eigenvalue weighted by atomic mass is 16.5. The predicted octanol–water partition coefficient (Wildman–Crippen LogP) is 1.73. The van der Waals surface area contributed by atoms with Crippen molar-refractivity contribution < 1.29 is 9.84 Å². The van der Waals surface area contributed by atoms with E-state index < -0.39 is 6.10 Å². The molecule has 0 aliphatic carbocycles. The summed E-state index contributed by atoms with van der Waals surface area (Å²) in [5, 5.41) is 9.69. The summed E-state index contributed by atoms with van der Waals surface area (Å²) >= 11 is 0. The van der Waals surface area contributed by atoms with E-state index in [2.05, 4.69) is 0 Å². The zero-order valence-electron chi connectivity index (χ0n) is 8.44. The molecule has 3 nitrogen and oxygen atoms in total. The van der Waals surface area contributed by atoms with Crippen molar-refractivity contribution in [3.8, 4) is 0 Å². The van der Waals surface area contributed by atoms with Gasteiger partial charge in [0.15, 0.2) is 0 Å². The number of hydrogen-bond acceptors (Lipinski definition) is 3. The zero-order valence-corrected chi connectivity index (χ0v) is 8.44. The Morgan fingerprint density at radius 1 is 1.50 bits per heavy atom. The van der Waals surface area contributed by atoms with Crippen molar-refractivity contribution in [3.05, 3.63) is 29.8 Å². The van der Waals surface area contributed by atoms with Gasteiger partial charge in [-0.3, -0.25) is 0 Å². The van der Waals surface area contributed by atoms with E-state index in [0.717, 1.165) is 12.0 Å². The Balaban J connectivity index is 2.47. The smallest absolute Gasteiger partial charge is 0.102 e. The molecule has 1 unspecified atom stereocenters. The van der Waals surface area contributed by atoms with Crippen molar-refractivity contribution in [2.75, 3.05) is 18.9 Å². The summed E-state index contributed by atoms with van der Waals surface area (Å²) in [4.78, 5) is 0. The van der Waals surface area contributed by atoms with Gasteiger partial charge in [-0.05, 0) is 24.1 Å². The molecule has 0 saturated carbocycles. The van der Waals surface area contributed by atoms with Crippen LogP contribution in [0.4, 0.5) is 5.69 Å². The topological polar surface area (TPSA) is 55.5 Å². The van der Waals surface area contributed by atoms with Crippen LogP contribution in [0, 0.1) is 0 Å². The molecule has 0 saturated heterocycles. The van der Waals surface area contributed by atoms with Gasteiger partial charge in [-0.25, -0.2) is 0 Å². The molecule has 0 spiro atoms. The van der Waals surface area contributed by atoms with Crippen LogP contribution in [0.25, 0.3) is 0 Å². The minimum absolute atomic E-state index is 0.331. The largest absolute Gasteiger partial charge is 0.399 e. The molecule has 14 heavy (non-hydrogen) atoms. The maximum absolute atomic E-state index is 9.69. The van der Waals surface area contributed by atoms with Gasteiger partial charge < -0.3 is 15.6 Å². The van der Waals surface area contributed by atoms with Gasteiger partial charge in [0.1, 0.15) is 6.10 Å². The molecule has 3 N–H and O–H groups in total. The molecule has 0 aromatic heterocycles. The normalized spacial score (nSPS) is 12.7. The number of nitrogens with two attached hydrogens (primary N) is 1. The van der Waals surface area contributed by atoms with Gasteiger partial charge in [0.25, 0.3) is 0 Å². The van der Waals surface area contributed by atoms with Crippen LogP contribution < -0.4 is 5.73 Å². The quantitative estimate of drug-likeness (QED) is 0.555. The van der Waals surface area contributed by atoms with E-state index in [1.54, 1.807) is 12.1 Å². The minimum Gasteiger partial charge on any atom is -0.399 e. The summed E-state index contributed by atoms with van der Waals surface area (Å²) in [6.45, 7) is 3.05. The van der Waals surface area contributed by atoms with Gasteiger partial charge in [-0.2, -0.15) is 0 Å². The minimum atomic E-state index is -0.579. The average Bonchev–Trinajstić information content (AvgIpc) is 2.18. The Labute approximate surface area is 84.5 Å². The van der Waals surface area contributed by atoms with Crippen molar-refractivity contribution in [3.63, 3.8) is 0 Å². The van der Waals surface area contributed by atoms with Crippen LogP contribution >= 0.6 is 0 Å². The second kappa shape index (κ2) is 5.62. The first-order valence-corrected chi connectivity index (χ1v) is 4.85. The van der Waals surface area contributed by atoms with E-state index in [1.165, 1.54) is 0 Å². The van der Waals surface area contributed by atoms with E-state index in [4.69, 9.17) is 10.5 Å². The van der Waals surface area contributed by atoms with Crippen molar-refractivity contribution in [2.45, 2.75) is 19.4 Å². The first-order chi connectivity index (χ1) is 6.74. The van der Waals surface area contributed by atoms with E-state index in [1.807, 2.05) is 19.1 Å². The van der Waals surface area contributed by atoms with Gasteiger partial charge in [-0.1, -0.05) is 19.1 Å². The molecular weight excluding hydrogens is 178 g/mol. The number of benzene rings is 1. The van der Waals surface area contributed by atoms with Crippen LogP contribution in [-0.2, 0) is 4.74 Å². The summed E-state index contributed by atoms with van der Waals surface area (Å²) in [7, 11) is 0. The number of anilines is 1. The fourth-order valence-corrected chi connectivity index (χ4v) is 1.20. The van der Waals surface area contributed by atoms with E-state index >= 15 is 0 Å². The first kappa shape index (κ1) is 11.0. The van der Waals surface area contributed by atoms with Crippen molar-refractivity contribution in [1.29, 1.82) is 0 Å². The van der Waals surface area contributed by atoms with Crippen molar-refractivity contribution >= 4 is 5.69 Å². The number of rotatable bonds is 5. The third kappa shape index (κ3) is 3.36. The maximum atomic E-state index is 9.69. The Kier molecular flexibility index (Phi) is 4.43. The molecule has 1 aromatic rings. The summed E-state index contributed by atoms with van der Waals surface area (Å²) in [6.07, 6.45) is 0.383. The van der Waals surface area contributed by atoms with Crippen LogP contribution in [0.2, 0.25) is 0 Å². The molecule has 78 valence electrons. The standard InChI is InChI=1S/C11H17NO2/c1-2-6-14-8-11(13)9-4-3-5-10(12)7-9/h3-5,7,11,13H,2,6,8,12H2,1H3. The maximum Gasteiger partial charge on any atom is 0.102 e. The summed E-state index contributed by atoms with van der Waals surface area (Å²) < 4.78 is 5.25. The molecule has 0 amide bonds. The summed E-state index contributed by atoms with van der Waals surface area (Å²) in [6, 6.07) is 7.23. The Hall–Kier alpha value is -1.06. The molecule has 0 heterocycles. The Bertz CT molecular complexity index is 276. The predicted molar refractivity (Wildman–Crippen MR) is 56.9 cm³/mol. The Morgan fingerprint density at radius 2 is 2.29 bits per heavy atom. The number of hydrogen-bond donors (Lipinski definition) is 2. The molecule has 1 atom stereocenters. The first-order valence-electron chi connectivity index (χ1n) is 4.85. The van der Waals surface area contributed by atoms with Gasteiger partial charge >= 0.3 is 0 Å². The van der Waals surface area contributed by atoms with E-state index in [0.29, 0.717) is 18.9 Å². The fraction of sp³-hybridized carbons (Fsp3) is 0.455. The number of nitrogen functional groups attached to an aromatic ring is 1. The average molecular weight is 195 g/mol. The van der Waals surface area contributed by atoms with Crippen LogP contribution in [0.5, 0.6) is 0 Å². The molecular formula is C11H17NO2. The van der Waals surface area contributed by atoms with Gasteiger partial charge in [0.2, 0.25) is 0 Å². The lowest BCUT2D eigenvalue weighted by Gasteiger charge is -2.11. The SMILES string of the molecule is CCCOCC(O)c1cccc(N)c1. The molecule has 3 heteroatoms. The molecule has 0 aliphatic heterocycles. The van der Waals surface area contributed by atoms with Gasteiger partial charge in [-0.15, -0.1) is 0 Å². The molecule has 1 rings (SSSR count). The summed E-state index contributed by atoms with van der Waals surface area (Å²) in [5.41, 5.74) is 7.07. The number of ether oxygens (including phenoxy) is 1. The highest BCUT2D eigenvalue weighted by molar-refractivity contribution is 5.41. The molecule has 0 fully saturated rings. The lowest BCUT2D eigenvalue weighted by Crippen LogP contribution is -2.08. The number of aliphatic hydroxyl groups excluding tert-OH is 1. The van der Waals surface area contributed by atoms with Crippen molar-refractivity contribution in [2.24, 2.45) is 0 Å². The monoisotopic (exact) mass is 195 g/mol. The lowest BCUT2D eigenvalue weighted by atomic mass is 10.1. The molecule has 0 bridgehead atoms. The van der Waals surface area contributed by atoms with E-state index in [9.17, 15) is 5.11 Å². The van der Waals surface area contributed by atoms with Crippen molar-refractivity contribution in [1.82, 2.24) is 0 Å².